The molecule has 3 aromatic rings. The monoisotopic (exact) mass is 340 g/mol. The minimum Gasteiger partial charge on any atom is -0.341 e. The van der Waals surface area contributed by atoms with Crippen molar-refractivity contribution in [2.75, 3.05) is 26.2 Å². The molecule has 6 heteroatoms. The molecular formula is C18H20N4OS. The molecule has 3 heterocycles. The second-order valence-electron chi connectivity index (χ2n) is 6.03. The quantitative estimate of drug-likeness (QED) is 0.797. The lowest BCUT2D eigenvalue weighted by Gasteiger charge is -2.19. The number of amides is 1. The van der Waals surface area contributed by atoms with Gasteiger partial charge in [-0.1, -0.05) is 30.3 Å². The second kappa shape index (κ2) is 6.75. The van der Waals surface area contributed by atoms with E-state index in [9.17, 15) is 4.79 Å². The molecule has 0 atom stereocenters. The normalized spacial score (nSPS) is 15.6. The van der Waals surface area contributed by atoms with Crippen molar-refractivity contribution in [3.63, 3.8) is 0 Å². The maximum absolute atomic E-state index is 12.6. The summed E-state index contributed by atoms with van der Waals surface area (Å²) >= 11 is 1.59. The van der Waals surface area contributed by atoms with Crippen LogP contribution >= 0.6 is 11.3 Å². The van der Waals surface area contributed by atoms with Crippen LogP contribution in [0.1, 0.15) is 12.1 Å². The lowest BCUT2D eigenvalue weighted by molar-refractivity contribution is -0.130. The zero-order chi connectivity index (χ0) is 16.4. The zero-order valence-corrected chi connectivity index (χ0v) is 14.3. The van der Waals surface area contributed by atoms with Gasteiger partial charge in [-0.3, -0.25) is 9.20 Å². The first-order chi connectivity index (χ1) is 11.8. The molecule has 1 aliphatic rings. The summed E-state index contributed by atoms with van der Waals surface area (Å²) in [7, 11) is 0. The third-order valence-corrected chi connectivity index (χ3v) is 5.27. The Bertz CT molecular complexity index is 831. The van der Waals surface area contributed by atoms with Crippen molar-refractivity contribution in [1.29, 1.82) is 0 Å². The Hall–Kier alpha value is -2.18. The van der Waals surface area contributed by atoms with E-state index in [4.69, 9.17) is 0 Å². The minimum absolute atomic E-state index is 0.202. The molecule has 1 aliphatic heterocycles. The number of carbonyl (C=O) groups excluding carboxylic acids is 1. The van der Waals surface area contributed by atoms with Crippen LogP contribution in [0, 0.1) is 0 Å². The van der Waals surface area contributed by atoms with Gasteiger partial charge in [-0.2, -0.15) is 0 Å². The van der Waals surface area contributed by atoms with Gasteiger partial charge in [0.25, 0.3) is 0 Å². The van der Waals surface area contributed by atoms with Gasteiger partial charge in [-0.05, 0) is 13.0 Å². The fraction of sp³-hybridized carbons (Fsp3) is 0.333. The Morgan fingerprint density at radius 1 is 1.21 bits per heavy atom. The highest BCUT2D eigenvalue weighted by atomic mass is 32.1. The van der Waals surface area contributed by atoms with Crippen molar-refractivity contribution in [3.05, 3.63) is 47.6 Å². The number of hydrogen-bond donors (Lipinski definition) is 1. The number of rotatable bonds is 3. The predicted octanol–water partition coefficient (Wildman–Crippen LogP) is 2.43. The summed E-state index contributed by atoms with van der Waals surface area (Å²) in [5.41, 5.74) is 3.08. The molecule has 5 nitrogen and oxygen atoms in total. The Morgan fingerprint density at radius 3 is 2.96 bits per heavy atom. The fourth-order valence-electron chi connectivity index (χ4n) is 3.07. The molecule has 0 spiro atoms. The van der Waals surface area contributed by atoms with Gasteiger partial charge in [0.15, 0.2) is 4.96 Å². The number of benzene rings is 1. The van der Waals surface area contributed by atoms with Crippen LogP contribution < -0.4 is 5.32 Å². The van der Waals surface area contributed by atoms with E-state index in [2.05, 4.69) is 26.8 Å². The highest BCUT2D eigenvalue weighted by Gasteiger charge is 2.18. The van der Waals surface area contributed by atoms with Crippen molar-refractivity contribution < 1.29 is 4.79 Å². The molecule has 2 aromatic heterocycles. The molecule has 0 saturated carbocycles. The third kappa shape index (κ3) is 3.07. The molecule has 1 fully saturated rings. The summed E-state index contributed by atoms with van der Waals surface area (Å²) in [4.78, 5) is 20.2. The van der Waals surface area contributed by atoms with Crippen molar-refractivity contribution in [3.8, 4) is 11.3 Å². The summed E-state index contributed by atoms with van der Waals surface area (Å²) in [6, 6.07) is 10.1. The Balaban J connectivity index is 1.56. The Labute approximate surface area is 144 Å². The minimum atomic E-state index is 0.202. The lowest BCUT2D eigenvalue weighted by atomic mass is 10.2. The lowest BCUT2D eigenvalue weighted by Crippen LogP contribution is -2.35. The fourth-order valence-corrected chi connectivity index (χ4v) is 3.94. The van der Waals surface area contributed by atoms with E-state index in [1.54, 1.807) is 11.3 Å². The van der Waals surface area contributed by atoms with Crippen LogP contribution in [0.15, 0.2) is 41.9 Å². The van der Waals surface area contributed by atoms with Crippen LogP contribution in [0.2, 0.25) is 0 Å². The van der Waals surface area contributed by atoms with Gasteiger partial charge in [0.2, 0.25) is 5.91 Å². The molecule has 1 N–H and O–H groups in total. The highest BCUT2D eigenvalue weighted by Crippen LogP contribution is 2.24. The summed E-state index contributed by atoms with van der Waals surface area (Å²) in [6.07, 6.45) is 3.49. The molecule has 0 radical (unpaired) electrons. The molecule has 124 valence electrons. The van der Waals surface area contributed by atoms with Crippen LogP contribution in [0.4, 0.5) is 0 Å². The summed E-state index contributed by atoms with van der Waals surface area (Å²) in [5.74, 6) is 0.202. The van der Waals surface area contributed by atoms with Gasteiger partial charge < -0.3 is 10.2 Å². The number of nitrogens with zero attached hydrogens (tertiary/aromatic N) is 3. The molecule has 0 aliphatic carbocycles. The van der Waals surface area contributed by atoms with Gasteiger partial charge in [-0.25, -0.2) is 4.98 Å². The second-order valence-corrected chi connectivity index (χ2v) is 6.87. The first kappa shape index (κ1) is 15.4. The number of fused-ring (bicyclic) bond motifs is 1. The molecule has 1 aromatic carbocycles. The van der Waals surface area contributed by atoms with E-state index in [1.807, 2.05) is 34.7 Å². The first-order valence-corrected chi connectivity index (χ1v) is 9.18. The molecule has 24 heavy (non-hydrogen) atoms. The predicted molar refractivity (Wildman–Crippen MR) is 96.3 cm³/mol. The first-order valence-electron chi connectivity index (χ1n) is 8.30. The third-order valence-electron chi connectivity index (χ3n) is 4.38. The standard InChI is InChI=1S/C18H20N4OS/c23-17(21-9-4-7-19-8-10-21)11-15-13-24-18-20-16(12-22(15)18)14-5-2-1-3-6-14/h1-3,5-6,12-13,19H,4,7-11H2. The zero-order valence-electron chi connectivity index (χ0n) is 13.4. The Kier molecular flexibility index (Phi) is 4.32. The number of thiazole rings is 1. The molecule has 1 amide bonds. The summed E-state index contributed by atoms with van der Waals surface area (Å²) in [6.45, 7) is 3.52. The number of hydrogen-bond acceptors (Lipinski definition) is 4. The van der Waals surface area contributed by atoms with Gasteiger partial charge in [0.05, 0.1) is 12.1 Å². The van der Waals surface area contributed by atoms with E-state index >= 15 is 0 Å². The van der Waals surface area contributed by atoms with Gasteiger partial charge in [-0.15, -0.1) is 11.3 Å². The smallest absolute Gasteiger partial charge is 0.228 e. The topological polar surface area (TPSA) is 49.6 Å². The van der Waals surface area contributed by atoms with E-state index < -0.39 is 0 Å². The van der Waals surface area contributed by atoms with E-state index in [0.29, 0.717) is 6.42 Å². The van der Waals surface area contributed by atoms with Crippen LogP contribution in [-0.2, 0) is 11.2 Å². The maximum atomic E-state index is 12.6. The van der Waals surface area contributed by atoms with Gasteiger partial charge in [0.1, 0.15) is 0 Å². The average molecular weight is 340 g/mol. The average Bonchev–Trinajstić information content (AvgIpc) is 3.07. The molecule has 0 bridgehead atoms. The van der Waals surface area contributed by atoms with Gasteiger partial charge >= 0.3 is 0 Å². The number of carbonyl (C=O) groups is 1. The number of imidazole rings is 1. The highest BCUT2D eigenvalue weighted by molar-refractivity contribution is 7.15. The van der Waals surface area contributed by atoms with E-state index in [-0.39, 0.29) is 5.91 Å². The summed E-state index contributed by atoms with van der Waals surface area (Å²) < 4.78 is 2.06. The van der Waals surface area contributed by atoms with Crippen LogP contribution in [0.25, 0.3) is 16.2 Å². The molecule has 0 unspecified atom stereocenters. The summed E-state index contributed by atoms with van der Waals surface area (Å²) in [5, 5.41) is 5.38. The molecular weight excluding hydrogens is 320 g/mol. The largest absolute Gasteiger partial charge is 0.341 e. The van der Waals surface area contributed by atoms with Crippen molar-refractivity contribution in [1.82, 2.24) is 19.6 Å². The van der Waals surface area contributed by atoms with Crippen molar-refractivity contribution in [2.45, 2.75) is 12.8 Å². The van der Waals surface area contributed by atoms with Crippen molar-refractivity contribution in [2.24, 2.45) is 0 Å². The van der Waals surface area contributed by atoms with E-state index in [1.165, 1.54) is 0 Å². The van der Waals surface area contributed by atoms with Gasteiger partial charge in [0, 0.05) is 42.5 Å². The van der Waals surface area contributed by atoms with Crippen LogP contribution in [0.5, 0.6) is 0 Å². The SMILES string of the molecule is O=C(Cc1csc2nc(-c3ccccc3)cn12)N1CCCNCC1. The number of aromatic nitrogens is 2. The maximum Gasteiger partial charge on any atom is 0.228 e. The van der Waals surface area contributed by atoms with E-state index in [0.717, 1.165) is 54.5 Å². The van der Waals surface area contributed by atoms with Crippen LogP contribution in [0.3, 0.4) is 0 Å². The number of nitrogens with one attached hydrogen (secondary N) is 1. The van der Waals surface area contributed by atoms with Crippen LogP contribution in [-0.4, -0.2) is 46.4 Å². The molecule has 4 rings (SSSR count). The molecule has 1 saturated heterocycles. The Morgan fingerprint density at radius 2 is 2.08 bits per heavy atom. The van der Waals surface area contributed by atoms with Crippen molar-refractivity contribution >= 4 is 22.2 Å².